The summed E-state index contributed by atoms with van der Waals surface area (Å²) in [6.07, 6.45) is 0. The number of rotatable bonds is 8. The third-order valence-corrected chi connectivity index (χ3v) is 3.69. The molecule has 25 heavy (non-hydrogen) atoms. The average Bonchev–Trinajstić information content (AvgIpc) is 2.65. The molecule has 5 heteroatoms. The van der Waals surface area contributed by atoms with Crippen molar-refractivity contribution >= 4 is 5.96 Å². The first-order chi connectivity index (χ1) is 12.2. The first-order valence-electron chi connectivity index (χ1n) is 8.47. The summed E-state index contributed by atoms with van der Waals surface area (Å²) in [6, 6.07) is 16.3. The Kier molecular flexibility index (Phi) is 7.79. The van der Waals surface area contributed by atoms with Gasteiger partial charge in [-0.2, -0.15) is 0 Å². The van der Waals surface area contributed by atoms with Crippen LogP contribution < -0.4 is 15.4 Å². The lowest BCUT2D eigenvalue weighted by Gasteiger charge is -2.12. The van der Waals surface area contributed by atoms with Crippen molar-refractivity contribution < 1.29 is 9.47 Å². The minimum atomic E-state index is 0.597. The van der Waals surface area contributed by atoms with Crippen molar-refractivity contribution in [3.05, 3.63) is 65.2 Å². The number of benzene rings is 2. The fraction of sp³-hybridized carbons (Fsp3) is 0.350. The lowest BCUT2D eigenvalue weighted by atomic mass is 10.1. The second-order valence-corrected chi connectivity index (χ2v) is 5.65. The molecule has 2 aromatic rings. The number of aliphatic imine (C=N–C) groups is 1. The lowest BCUT2D eigenvalue weighted by molar-refractivity contribution is 0.185. The van der Waals surface area contributed by atoms with Crippen LogP contribution in [0.3, 0.4) is 0 Å². The molecular formula is C20H27N3O2. The summed E-state index contributed by atoms with van der Waals surface area (Å²) >= 11 is 0. The maximum absolute atomic E-state index is 5.25. The van der Waals surface area contributed by atoms with Crippen LogP contribution >= 0.6 is 0 Å². The van der Waals surface area contributed by atoms with Crippen LogP contribution in [0.15, 0.2) is 53.5 Å². The summed E-state index contributed by atoms with van der Waals surface area (Å²) in [5.74, 6) is 1.65. The van der Waals surface area contributed by atoms with E-state index < -0.39 is 0 Å². The predicted molar refractivity (Wildman–Crippen MR) is 102 cm³/mol. The number of hydrogen-bond acceptors (Lipinski definition) is 3. The second-order valence-electron chi connectivity index (χ2n) is 5.65. The molecule has 2 N–H and O–H groups in total. The zero-order valence-electron chi connectivity index (χ0n) is 15.2. The quantitative estimate of drug-likeness (QED) is 0.572. The highest BCUT2D eigenvalue weighted by atomic mass is 16.5. The summed E-state index contributed by atoms with van der Waals surface area (Å²) in [4.78, 5) is 4.64. The van der Waals surface area contributed by atoms with Crippen LogP contribution in [0.5, 0.6) is 5.75 Å². The second kappa shape index (κ2) is 10.4. The monoisotopic (exact) mass is 341 g/mol. The highest BCUT2D eigenvalue weighted by molar-refractivity contribution is 5.79. The van der Waals surface area contributed by atoms with Gasteiger partial charge in [-0.05, 0) is 35.7 Å². The fourth-order valence-corrected chi connectivity index (χ4v) is 2.39. The van der Waals surface area contributed by atoms with Gasteiger partial charge in [0, 0.05) is 20.2 Å². The van der Waals surface area contributed by atoms with Gasteiger partial charge in [-0.1, -0.05) is 36.4 Å². The molecule has 0 aliphatic heterocycles. The Morgan fingerprint density at radius 3 is 2.40 bits per heavy atom. The topological polar surface area (TPSA) is 54.9 Å². The van der Waals surface area contributed by atoms with E-state index in [0.717, 1.165) is 30.4 Å². The Labute approximate surface area is 150 Å². The summed E-state index contributed by atoms with van der Waals surface area (Å²) in [5.41, 5.74) is 3.48. The molecule has 2 aromatic carbocycles. The van der Waals surface area contributed by atoms with Crippen molar-refractivity contribution in [3.63, 3.8) is 0 Å². The minimum Gasteiger partial charge on any atom is -0.497 e. The third kappa shape index (κ3) is 6.47. The number of methoxy groups -OCH3 is 2. The molecule has 134 valence electrons. The Balaban J connectivity index is 1.94. The molecule has 0 aliphatic carbocycles. The molecule has 0 spiro atoms. The smallest absolute Gasteiger partial charge is 0.191 e. The van der Waals surface area contributed by atoms with Crippen molar-refractivity contribution in [2.75, 3.05) is 20.8 Å². The largest absolute Gasteiger partial charge is 0.497 e. The molecule has 0 radical (unpaired) electrons. The van der Waals surface area contributed by atoms with E-state index >= 15 is 0 Å². The summed E-state index contributed by atoms with van der Waals surface area (Å²) in [6.45, 7) is 4.83. The number of nitrogens with zero attached hydrogens (tertiary/aromatic N) is 1. The van der Waals surface area contributed by atoms with E-state index in [1.165, 1.54) is 11.1 Å². The van der Waals surface area contributed by atoms with Crippen molar-refractivity contribution in [2.45, 2.75) is 26.6 Å². The molecule has 0 amide bonds. The van der Waals surface area contributed by atoms with Gasteiger partial charge in [-0.15, -0.1) is 0 Å². The molecule has 0 bridgehead atoms. The van der Waals surface area contributed by atoms with E-state index in [4.69, 9.17) is 9.47 Å². The van der Waals surface area contributed by atoms with Crippen molar-refractivity contribution in [1.29, 1.82) is 0 Å². The van der Waals surface area contributed by atoms with Gasteiger partial charge >= 0.3 is 0 Å². The van der Waals surface area contributed by atoms with Gasteiger partial charge in [-0.25, -0.2) is 4.99 Å². The first-order valence-corrected chi connectivity index (χ1v) is 8.47. The van der Waals surface area contributed by atoms with Gasteiger partial charge in [0.05, 0.1) is 20.3 Å². The third-order valence-electron chi connectivity index (χ3n) is 3.69. The van der Waals surface area contributed by atoms with E-state index in [1.54, 1.807) is 14.2 Å². The van der Waals surface area contributed by atoms with Crippen LogP contribution in [-0.4, -0.2) is 26.7 Å². The molecule has 0 saturated heterocycles. The zero-order valence-corrected chi connectivity index (χ0v) is 15.2. The molecule has 0 saturated carbocycles. The predicted octanol–water partition coefficient (Wildman–Crippen LogP) is 3.10. The minimum absolute atomic E-state index is 0.597. The zero-order chi connectivity index (χ0) is 17.9. The van der Waals surface area contributed by atoms with E-state index in [0.29, 0.717) is 13.2 Å². The molecule has 2 rings (SSSR count). The Morgan fingerprint density at radius 1 is 0.960 bits per heavy atom. The normalized spacial score (nSPS) is 11.2. The molecule has 0 fully saturated rings. The Hall–Kier alpha value is -2.53. The molecule has 0 aliphatic rings. The van der Waals surface area contributed by atoms with Crippen molar-refractivity contribution in [1.82, 2.24) is 10.6 Å². The van der Waals surface area contributed by atoms with Gasteiger partial charge in [0.15, 0.2) is 5.96 Å². The summed E-state index contributed by atoms with van der Waals surface area (Å²) in [7, 11) is 3.38. The van der Waals surface area contributed by atoms with Gasteiger partial charge in [0.1, 0.15) is 5.75 Å². The van der Waals surface area contributed by atoms with Crippen molar-refractivity contribution in [2.24, 2.45) is 4.99 Å². The fourth-order valence-electron chi connectivity index (χ4n) is 2.39. The molecular weight excluding hydrogens is 314 g/mol. The molecule has 0 heterocycles. The maximum Gasteiger partial charge on any atom is 0.191 e. The molecule has 0 atom stereocenters. The summed E-state index contributed by atoms with van der Waals surface area (Å²) < 4.78 is 10.4. The Bertz CT molecular complexity index is 669. The van der Waals surface area contributed by atoms with Crippen LogP contribution in [-0.2, 0) is 24.4 Å². The highest BCUT2D eigenvalue weighted by Gasteiger charge is 2.00. The number of guanidine groups is 1. The van der Waals surface area contributed by atoms with Gasteiger partial charge < -0.3 is 20.1 Å². The standard InChI is InChI=1S/C20H27N3O2/c1-4-21-20(23-14-18-6-5-7-19(12-18)25-3)22-13-16-8-10-17(11-9-16)15-24-2/h5-12H,4,13-15H2,1-3H3,(H2,21,22,23). The highest BCUT2D eigenvalue weighted by Crippen LogP contribution is 2.13. The van der Waals surface area contributed by atoms with Crippen LogP contribution in [0.25, 0.3) is 0 Å². The average molecular weight is 341 g/mol. The van der Waals surface area contributed by atoms with Gasteiger partial charge in [0.2, 0.25) is 0 Å². The van der Waals surface area contributed by atoms with Gasteiger partial charge in [-0.3, -0.25) is 0 Å². The van der Waals surface area contributed by atoms with Crippen LogP contribution in [0.2, 0.25) is 0 Å². The lowest BCUT2D eigenvalue weighted by Crippen LogP contribution is -2.36. The Morgan fingerprint density at radius 2 is 1.72 bits per heavy atom. The van der Waals surface area contributed by atoms with E-state index in [9.17, 15) is 0 Å². The molecule has 0 aromatic heterocycles. The van der Waals surface area contributed by atoms with Crippen molar-refractivity contribution in [3.8, 4) is 5.75 Å². The van der Waals surface area contributed by atoms with E-state index in [-0.39, 0.29) is 0 Å². The molecule has 0 unspecified atom stereocenters. The summed E-state index contributed by atoms with van der Waals surface area (Å²) in [5, 5.41) is 6.63. The first kappa shape index (κ1) is 18.8. The SMILES string of the molecule is CCNC(=NCc1cccc(OC)c1)NCc1ccc(COC)cc1. The van der Waals surface area contributed by atoms with E-state index in [2.05, 4.69) is 46.8 Å². The number of hydrogen-bond donors (Lipinski definition) is 2. The van der Waals surface area contributed by atoms with Crippen LogP contribution in [0.4, 0.5) is 0 Å². The van der Waals surface area contributed by atoms with E-state index in [1.807, 2.05) is 24.3 Å². The molecule has 5 nitrogen and oxygen atoms in total. The van der Waals surface area contributed by atoms with Gasteiger partial charge in [0.25, 0.3) is 0 Å². The number of nitrogens with one attached hydrogen (secondary N) is 2. The number of ether oxygens (including phenoxy) is 2. The van der Waals surface area contributed by atoms with Crippen LogP contribution in [0.1, 0.15) is 23.6 Å². The maximum atomic E-state index is 5.25. The van der Waals surface area contributed by atoms with Crippen LogP contribution in [0, 0.1) is 0 Å².